The van der Waals surface area contributed by atoms with E-state index in [-0.39, 0.29) is 36.3 Å². The van der Waals surface area contributed by atoms with Gasteiger partial charge in [0.2, 0.25) is 0 Å². The molecule has 0 bridgehead atoms. The third kappa shape index (κ3) is 6.12. The minimum absolute atomic E-state index is 0.00328. The van der Waals surface area contributed by atoms with Gasteiger partial charge in [-0.15, -0.1) is 11.8 Å². The molecule has 0 spiro atoms. The van der Waals surface area contributed by atoms with Gasteiger partial charge < -0.3 is 19.1 Å². The predicted molar refractivity (Wildman–Crippen MR) is 150 cm³/mol. The summed E-state index contributed by atoms with van der Waals surface area (Å²) in [7, 11) is 1.60. The number of aromatic nitrogens is 1. The Balaban J connectivity index is 1.36. The van der Waals surface area contributed by atoms with Crippen molar-refractivity contribution in [3.05, 3.63) is 102 Å². The first-order valence-corrected chi connectivity index (χ1v) is 13.7. The average molecular weight is 584 g/mol. The molecule has 1 N–H and O–H groups in total. The fourth-order valence-electron chi connectivity index (χ4n) is 4.82. The van der Waals surface area contributed by atoms with Crippen LogP contribution in [0, 0.1) is 5.82 Å². The lowest BCUT2D eigenvalue weighted by atomic mass is 10.1. The first-order valence-electron chi connectivity index (χ1n) is 12.7. The molecule has 0 saturated carbocycles. The first kappa shape index (κ1) is 28.4. The van der Waals surface area contributed by atoms with Gasteiger partial charge in [0, 0.05) is 33.5 Å². The van der Waals surface area contributed by atoms with Crippen LogP contribution in [0.2, 0.25) is 0 Å². The van der Waals surface area contributed by atoms with E-state index in [0.717, 1.165) is 16.2 Å². The van der Waals surface area contributed by atoms with Gasteiger partial charge in [0.25, 0.3) is 0 Å². The zero-order valence-electron chi connectivity index (χ0n) is 21.9. The fraction of sp³-hybridized carbons (Fsp3) is 0.194. The number of carbonyl (C=O) groups is 1. The first-order chi connectivity index (χ1) is 19.7. The molecule has 0 amide bonds. The number of alkyl halides is 3. The second-order valence-electron chi connectivity index (χ2n) is 9.32. The predicted octanol–water partition coefficient (Wildman–Crippen LogP) is 8.42. The molecule has 0 aliphatic carbocycles. The second kappa shape index (κ2) is 11.7. The summed E-state index contributed by atoms with van der Waals surface area (Å²) >= 11 is 1.55. The van der Waals surface area contributed by atoms with Gasteiger partial charge >= 0.3 is 12.1 Å². The highest BCUT2D eigenvalue weighted by Crippen LogP contribution is 2.40. The largest absolute Gasteiger partial charge is 0.497 e. The minimum Gasteiger partial charge on any atom is -0.497 e. The van der Waals surface area contributed by atoms with E-state index < -0.39 is 23.4 Å². The van der Waals surface area contributed by atoms with Gasteiger partial charge in [-0.05, 0) is 65.9 Å². The van der Waals surface area contributed by atoms with Crippen LogP contribution in [0.15, 0.2) is 83.8 Å². The molecule has 1 heterocycles. The van der Waals surface area contributed by atoms with Crippen molar-refractivity contribution in [3.8, 4) is 11.5 Å². The second-order valence-corrected chi connectivity index (χ2v) is 10.4. The van der Waals surface area contributed by atoms with E-state index in [2.05, 4.69) is 0 Å². The SMILES string of the molecule is COc1ccc(CSc2cc(OCCCn3c(C(=O)O)c(C(F)(F)F)c4ccccc43)c3ccc(F)cc3c2)cc1. The molecule has 0 aliphatic heterocycles. The van der Waals surface area contributed by atoms with Crippen LogP contribution in [-0.4, -0.2) is 29.4 Å². The van der Waals surface area contributed by atoms with E-state index in [1.165, 1.54) is 34.9 Å². The van der Waals surface area contributed by atoms with Gasteiger partial charge in [-0.2, -0.15) is 13.2 Å². The molecular weight excluding hydrogens is 558 g/mol. The summed E-state index contributed by atoms with van der Waals surface area (Å²) in [4.78, 5) is 12.8. The van der Waals surface area contributed by atoms with E-state index in [0.29, 0.717) is 22.3 Å². The molecule has 1 aromatic heterocycles. The monoisotopic (exact) mass is 583 g/mol. The van der Waals surface area contributed by atoms with Crippen molar-refractivity contribution in [2.75, 3.05) is 13.7 Å². The summed E-state index contributed by atoms with van der Waals surface area (Å²) < 4.78 is 68.0. The van der Waals surface area contributed by atoms with Crippen LogP contribution in [0.1, 0.15) is 28.0 Å². The molecule has 0 atom stereocenters. The van der Waals surface area contributed by atoms with Crippen molar-refractivity contribution in [2.24, 2.45) is 0 Å². The molecule has 0 unspecified atom stereocenters. The molecule has 212 valence electrons. The normalized spacial score (nSPS) is 11.7. The number of fused-ring (bicyclic) bond motifs is 2. The average Bonchev–Trinajstić information content (AvgIpc) is 3.29. The van der Waals surface area contributed by atoms with Gasteiger partial charge in [0.1, 0.15) is 23.0 Å². The molecule has 5 nitrogen and oxygen atoms in total. The highest BCUT2D eigenvalue weighted by Gasteiger charge is 2.40. The zero-order chi connectivity index (χ0) is 29.1. The van der Waals surface area contributed by atoms with Crippen LogP contribution in [-0.2, 0) is 18.5 Å². The fourth-order valence-corrected chi connectivity index (χ4v) is 5.75. The summed E-state index contributed by atoms with van der Waals surface area (Å²) in [6, 6.07) is 21.6. The van der Waals surface area contributed by atoms with E-state index in [1.807, 2.05) is 36.4 Å². The minimum atomic E-state index is -4.83. The molecule has 0 saturated heterocycles. The quantitative estimate of drug-likeness (QED) is 0.102. The molecule has 0 aliphatic rings. The summed E-state index contributed by atoms with van der Waals surface area (Å²) in [6.45, 7) is 0.0999. The molecule has 4 aromatic carbocycles. The lowest BCUT2D eigenvalue weighted by molar-refractivity contribution is -0.136. The Morgan fingerprint density at radius 2 is 1.73 bits per heavy atom. The van der Waals surface area contributed by atoms with Crippen LogP contribution in [0.3, 0.4) is 0 Å². The maximum absolute atomic E-state index is 14.0. The number of nitrogens with zero attached hydrogens (tertiary/aromatic N) is 1. The summed E-state index contributed by atoms with van der Waals surface area (Å²) in [5, 5.41) is 10.9. The summed E-state index contributed by atoms with van der Waals surface area (Å²) in [5.41, 5.74) is -0.688. The number of aryl methyl sites for hydroxylation is 1. The number of hydrogen-bond donors (Lipinski definition) is 1. The molecule has 5 aromatic rings. The van der Waals surface area contributed by atoms with Crippen molar-refractivity contribution in [1.29, 1.82) is 0 Å². The van der Waals surface area contributed by atoms with Gasteiger partial charge in [-0.3, -0.25) is 0 Å². The van der Waals surface area contributed by atoms with Gasteiger partial charge in [0.05, 0.1) is 19.3 Å². The highest BCUT2D eigenvalue weighted by atomic mass is 32.2. The molecule has 10 heteroatoms. The van der Waals surface area contributed by atoms with E-state index in [9.17, 15) is 27.5 Å². The summed E-state index contributed by atoms with van der Waals surface area (Å²) in [5.74, 6) is -0.115. The third-order valence-corrected chi connectivity index (χ3v) is 7.70. The van der Waals surface area contributed by atoms with Crippen LogP contribution >= 0.6 is 11.8 Å². The number of benzene rings is 4. The van der Waals surface area contributed by atoms with Crippen molar-refractivity contribution in [3.63, 3.8) is 0 Å². The number of carboxylic acids is 1. The maximum atomic E-state index is 14.0. The highest BCUT2D eigenvalue weighted by molar-refractivity contribution is 7.98. The Bertz CT molecular complexity index is 1710. The number of carboxylic acid groups (broad SMARTS) is 1. The Morgan fingerprint density at radius 1 is 0.976 bits per heavy atom. The number of ether oxygens (including phenoxy) is 2. The zero-order valence-corrected chi connectivity index (χ0v) is 22.7. The van der Waals surface area contributed by atoms with Crippen LogP contribution in [0.4, 0.5) is 17.6 Å². The summed E-state index contributed by atoms with van der Waals surface area (Å²) in [6.07, 6.45) is -4.59. The Hall–Kier alpha value is -4.18. The van der Waals surface area contributed by atoms with E-state index >= 15 is 0 Å². The van der Waals surface area contributed by atoms with Gasteiger partial charge in [0.15, 0.2) is 0 Å². The van der Waals surface area contributed by atoms with Crippen molar-refractivity contribution in [1.82, 2.24) is 4.57 Å². The number of halogens is 4. The van der Waals surface area contributed by atoms with Crippen molar-refractivity contribution in [2.45, 2.75) is 29.8 Å². The number of aromatic carboxylic acids is 1. The van der Waals surface area contributed by atoms with E-state index in [4.69, 9.17) is 9.47 Å². The molecule has 41 heavy (non-hydrogen) atoms. The van der Waals surface area contributed by atoms with E-state index in [1.54, 1.807) is 31.0 Å². The van der Waals surface area contributed by atoms with Crippen LogP contribution in [0.5, 0.6) is 11.5 Å². The van der Waals surface area contributed by atoms with Gasteiger partial charge in [-0.25, -0.2) is 9.18 Å². The Morgan fingerprint density at radius 3 is 2.44 bits per heavy atom. The number of thioether (sulfide) groups is 1. The third-order valence-electron chi connectivity index (χ3n) is 6.66. The van der Waals surface area contributed by atoms with Crippen molar-refractivity contribution < 1.29 is 36.9 Å². The number of methoxy groups -OCH3 is 1. The van der Waals surface area contributed by atoms with Crippen LogP contribution in [0.25, 0.3) is 21.7 Å². The topological polar surface area (TPSA) is 60.7 Å². The van der Waals surface area contributed by atoms with Crippen LogP contribution < -0.4 is 9.47 Å². The molecule has 0 radical (unpaired) electrons. The van der Waals surface area contributed by atoms with Gasteiger partial charge in [-0.1, -0.05) is 30.3 Å². The smallest absolute Gasteiger partial charge is 0.419 e. The number of hydrogen-bond acceptors (Lipinski definition) is 4. The Kier molecular flexibility index (Phi) is 8.12. The lowest BCUT2D eigenvalue weighted by Gasteiger charge is -2.14. The molecular formula is C31H25F4NO4S. The van der Waals surface area contributed by atoms with Crippen molar-refractivity contribution >= 4 is 39.4 Å². The molecule has 5 rings (SSSR count). The maximum Gasteiger partial charge on any atom is 0.419 e. The standard InChI is InChI=1S/C31H25F4NO4S/c1-39-22-10-7-19(8-11-22)18-41-23-16-20-15-21(32)9-12-24(20)27(17-23)40-14-4-13-36-26-6-3-2-5-25(26)28(31(33,34)35)29(36)30(37)38/h2-3,5-12,15-17H,4,13-14,18H2,1H3,(H,37,38). The number of para-hydroxylation sites is 1. The Labute approximate surface area is 237 Å². The number of rotatable bonds is 10. The lowest BCUT2D eigenvalue weighted by Crippen LogP contribution is -2.16. The molecule has 0 fully saturated rings.